The van der Waals surface area contributed by atoms with E-state index in [1.165, 1.54) is 0 Å². The minimum absolute atomic E-state index is 0.558. The van der Waals surface area contributed by atoms with Crippen molar-refractivity contribution in [1.29, 1.82) is 0 Å². The van der Waals surface area contributed by atoms with E-state index >= 15 is 0 Å². The molecule has 3 nitrogen and oxygen atoms in total. The van der Waals surface area contributed by atoms with Crippen LogP contribution in [0, 0.1) is 0 Å². The monoisotopic (exact) mass is 222 g/mol. The maximum Gasteiger partial charge on any atom is 0.119 e. The van der Waals surface area contributed by atoms with Crippen LogP contribution >= 0.6 is 0 Å². The molecule has 1 rings (SSSR count). The van der Waals surface area contributed by atoms with Crippen molar-refractivity contribution < 1.29 is 4.74 Å². The highest BCUT2D eigenvalue weighted by molar-refractivity contribution is 5.20. The van der Waals surface area contributed by atoms with Crippen LogP contribution in [0.4, 0.5) is 0 Å². The number of hydrogen-bond acceptors (Lipinski definition) is 3. The van der Waals surface area contributed by atoms with Crippen LogP contribution in [0.15, 0.2) is 30.3 Å². The maximum absolute atomic E-state index is 5.55. The number of ether oxygens (including phenoxy) is 1. The van der Waals surface area contributed by atoms with Crippen molar-refractivity contribution in [3.63, 3.8) is 0 Å². The molecule has 0 spiro atoms. The molecule has 0 bridgehead atoms. The van der Waals surface area contributed by atoms with Crippen molar-refractivity contribution in [3.8, 4) is 5.75 Å². The molecule has 0 aliphatic heterocycles. The molecule has 2 N–H and O–H groups in total. The number of rotatable bonds is 8. The Morgan fingerprint density at radius 1 is 1.06 bits per heavy atom. The lowest BCUT2D eigenvalue weighted by molar-refractivity contribution is 0.314. The zero-order valence-electron chi connectivity index (χ0n) is 10.2. The molecule has 0 amide bonds. The van der Waals surface area contributed by atoms with E-state index in [0.717, 1.165) is 25.4 Å². The largest absolute Gasteiger partial charge is 0.492 e. The Kier molecular flexibility index (Phi) is 6.61. The molecule has 1 aromatic rings. The van der Waals surface area contributed by atoms with Crippen LogP contribution in [0.2, 0.25) is 0 Å². The van der Waals surface area contributed by atoms with E-state index < -0.39 is 0 Å². The minimum Gasteiger partial charge on any atom is -0.492 e. The lowest BCUT2D eigenvalue weighted by Gasteiger charge is -2.09. The van der Waals surface area contributed by atoms with Gasteiger partial charge in [0.15, 0.2) is 0 Å². The van der Waals surface area contributed by atoms with Crippen LogP contribution in [-0.2, 0) is 0 Å². The lowest BCUT2D eigenvalue weighted by Crippen LogP contribution is -2.33. The third-order valence-electron chi connectivity index (χ3n) is 2.15. The van der Waals surface area contributed by atoms with E-state index in [4.69, 9.17) is 4.74 Å². The van der Waals surface area contributed by atoms with Crippen LogP contribution < -0.4 is 15.4 Å². The summed E-state index contributed by atoms with van der Waals surface area (Å²) in [6, 6.07) is 10.5. The van der Waals surface area contributed by atoms with Crippen LogP contribution in [-0.4, -0.2) is 32.3 Å². The second-order valence-electron chi connectivity index (χ2n) is 4.02. The Bertz CT molecular complexity index is 262. The first-order valence-corrected chi connectivity index (χ1v) is 5.91. The summed E-state index contributed by atoms with van der Waals surface area (Å²) in [4.78, 5) is 0. The molecule has 0 saturated heterocycles. The van der Waals surface area contributed by atoms with Crippen molar-refractivity contribution in [2.24, 2.45) is 0 Å². The molecule has 16 heavy (non-hydrogen) atoms. The van der Waals surface area contributed by atoms with Gasteiger partial charge >= 0.3 is 0 Å². The van der Waals surface area contributed by atoms with Crippen molar-refractivity contribution in [1.82, 2.24) is 10.6 Å². The number of para-hydroxylation sites is 1. The van der Waals surface area contributed by atoms with E-state index in [1.54, 1.807) is 0 Å². The zero-order valence-corrected chi connectivity index (χ0v) is 10.2. The van der Waals surface area contributed by atoms with Gasteiger partial charge in [0, 0.05) is 25.7 Å². The van der Waals surface area contributed by atoms with Crippen LogP contribution in [0.5, 0.6) is 5.75 Å². The Balaban J connectivity index is 1.93. The summed E-state index contributed by atoms with van der Waals surface area (Å²) < 4.78 is 5.55. The topological polar surface area (TPSA) is 33.3 Å². The van der Waals surface area contributed by atoms with Gasteiger partial charge in [-0.1, -0.05) is 32.0 Å². The molecule has 0 aliphatic carbocycles. The molecule has 0 unspecified atom stereocenters. The summed E-state index contributed by atoms with van der Waals surface area (Å²) in [5, 5.41) is 6.67. The third-order valence-corrected chi connectivity index (χ3v) is 2.15. The van der Waals surface area contributed by atoms with Crippen molar-refractivity contribution >= 4 is 0 Å². The first kappa shape index (κ1) is 13.0. The Labute approximate surface area is 98.2 Å². The molecule has 1 aromatic carbocycles. The molecular weight excluding hydrogens is 200 g/mol. The van der Waals surface area contributed by atoms with E-state index in [1.807, 2.05) is 30.3 Å². The molecule has 0 saturated carbocycles. The first-order valence-electron chi connectivity index (χ1n) is 5.91. The van der Waals surface area contributed by atoms with Gasteiger partial charge in [-0.2, -0.15) is 0 Å². The average molecular weight is 222 g/mol. The second-order valence-corrected chi connectivity index (χ2v) is 4.02. The summed E-state index contributed by atoms with van der Waals surface area (Å²) in [7, 11) is 0. The fourth-order valence-electron chi connectivity index (χ4n) is 1.33. The highest BCUT2D eigenvalue weighted by atomic mass is 16.5. The number of nitrogens with one attached hydrogen (secondary N) is 2. The first-order chi connectivity index (χ1) is 7.79. The summed E-state index contributed by atoms with van der Waals surface area (Å²) in [6.07, 6.45) is 0. The zero-order chi connectivity index (χ0) is 11.6. The van der Waals surface area contributed by atoms with Gasteiger partial charge in [0.1, 0.15) is 12.4 Å². The van der Waals surface area contributed by atoms with Gasteiger partial charge in [0.25, 0.3) is 0 Å². The quantitative estimate of drug-likeness (QED) is 0.656. The van der Waals surface area contributed by atoms with E-state index in [-0.39, 0.29) is 0 Å². The van der Waals surface area contributed by atoms with Crippen LogP contribution in [0.3, 0.4) is 0 Å². The van der Waals surface area contributed by atoms with Gasteiger partial charge in [0.05, 0.1) is 0 Å². The second kappa shape index (κ2) is 8.13. The fourth-order valence-corrected chi connectivity index (χ4v) is 1.33. The van der Waals surface area contributed by atoms with Gasteiger partial charge < -0.3 is 15.4 Å². The molecule has 3 heteroatoms. The molecule has 0 aromatic heterocycles. The smallest absolute Gasteiger partial charge is 0.119 e. The predicted molar refractivity (Wildman–Crippen MR) is 67.9 cm³/mol. The van der Waals surface area contributed by atoms with Crippen molar-refractivity contribution in [2.45, 2.75) is 19.9 Å². The average Bonchev–Trinajstić information content (AvgIpc) is 2.29. The molecule has 90 valence electrons. The number of hydrogen-bond donors (Lipinski definition) is 2. The van der Waals surface area contributed by atoms with E-state index in [9.17, 15) is 0 Å². The molecule has 0 fully saturated rings. The summed E-state index contributed by atoms with van der Waals surface area (Å²) in [6.45, 7) is 7.89. The highest BCUT2D eigenvalue weighted by Gasteiger charge is 1.92. The Morgan fingerprint density at radius 2 is 1.81 bits per heavy atom. The molecule has 0 heterocycles. The molecule has 0 radical (unpaired) electrons. The Morgan fingerprint density at radius 3 is 2.50 bits per heavy atom. The van der Waals surface area contributed by atoms with Gasteiger partial charge in [-0.15, -0.1) is 0 Å². The third kappa shape index (κ3) is 6.43. The van der Waals surface area contributed by atoms with Gasteiger partial charge in [-0.05, 0) is 12.1 Å². The van der Waals surface area contributed by atoms with Gasteiger partial charge in [-0.25, -0.2) is 0 Å². The molecule has 0 atom stereocenters. The summed E-state index contributed by atoms with van der Waals surface area (Å²) in [5.74, 6) is 0.935. The van der Waals surface area contributed by atoms with Crippen molar-refractivity contribution in [2.75, 3.05) is 26.2 Å². The molecular formula is C13H22N2O. The van der Waals surface area contributed by atoms with Crippen LogP contribution in [0.25, 0.3) is 0 Å². The maximum atomic E-state index is 5.55. The van der Waals surface area contributed by atoms with Crippen molar-refractivity contribution in [3.05, 3.63) is 30.3 Å². The fraction of sp³-hybridized carbons (Fsp3) is 0.538. The SMILES string of the molecule is CC(C)NCCNCCOc1ccccc1. The Hall–Kier alpha value is -1.06. The summed E-state index contributed by atoms with van der Waals surface area (Å²) >= 11 is 0. The minimum atomic E-state index is 0.558. The van der Waals surface area contributed by atoms with Crippen LogP contribution in [0.1, 0.15) is 13.8 Å². The van der Waals surface area contributed by atoms with Gasteiger partial charge in [-0.3, -0.25) is 0 Å². The summed E-state index contributed by atoms with van der Waals surface area (Å²) in [5.41, 5.74) is 0. The highest BCUT2D eigenvalue weighted by Crippen LogP contribution is 2.07. The normalized spacial score (nSPS) is 10.7. The van der Waals surface area contributed by atoms with E-state index in [0.29, 0.717) is 12.6 Å². The van der Waals surface area contributed by atoms with Gasteiger partial charge in [0.2, 0.25) is 0 Å². The lowest BCUT2D eigenvalue weighted by atomic mass is 10.3. The standard InChI is InChI=1S/C13H22N2O/c1-12(2)15-9-8-14-10-11-16-13-6-4-3-5-7-13/h3-7,12,14-15H,8-11H2,1-2H3. The number of benzene rings is 1. The molecule has 0 aliphatic rings. The predicted octanol–water partition coefficient (Wildman–Crippen LogP) is 1.65. The van der Waals surface area contributed by atoms with E-state index in [2.05, 4.69) is 24.5 Å².